The first-order valence-electron chi connectivity index (χ1n) is 3.30. The zero-order valence-corrected chi connectivity index (χ0v) is 7.56. The molecule has 2 nitrogen and oxygen atoms in total. The summed E-state index contributed by atoms with van der Waals surface area (Å²) in [6, 6.07) is 0. The SMILES string of the molecule is OCCC(S)C(O)CCS. The Hall–Kier alpha value is 0.620. The summed E-state index contributed by atoms with van der Waals surface area (Å²) in [4.78, 5) is 0. The van der Waals surface area contributed by atoms with Gasteiger partial charge in [-0.15, -0.1) is 0 Å². The molecule has 0 aromatic heterocycles. The highest BCUT2D eigenvalue weighted by molar-refractivity contribution is 7.81. The maximum atomic E-state index is 9.21. The van der Waals surface area contributed by atoms with Crippen LogP contribution < -0.4 is 0 Å². The van der Waals surface area contributed by atoms with Crippen LogP contribution in [0.3, 0.4) is 0 Å². The van der Waals surface area contributed by atoms with E-state index >= 15 is 0 Å². The second-order valence-corrected chi connectivity index (χ2v) is 3.27. The van der Waals surface area contributed by atoms with Gasteiger partial charge in [0.2, 0.25) is 0 Å². The molecule has 0 radical (unpaired) electrons. The van der Waals surface area contributed by atoms with Gasteiger partial charge in [-0.05, 0) is 18.6 Å². The molecule has 0 amide bonds. The average Bonchev–Trinajstić information content (AvgIpc) is 1.89. The third-order valence-corrected chi connectivity index (χ3v) is 2.15. The number of aliphatic hydroxyl groups is 2. The second kappa shape index (κ2) is 6.34. The lowest BCUT2D eigenvalue weighted by molar-refractivity contribution is 0.154. The van der Waals surface area contributed by atoms with Gasteiger partial charge in [0.15, 0.2) is 0 Å². The minimum Gasteiger partial charge on any atom is -0.396 e. The predicted molar refractivity (Wildman–Crippen MR) is 49.0 cm³/mol. The van der Waals surface area contributed by atoms with Gasteiger partial charge in [-0.2, -0.15) is 25.3 Å². The molecule has 4 heteroatoms. The fourth-order valence-corrected chi connectivity index (χ4v) is 1.18. The van der Waals surface area contributed by atoms with Crippen LogP contribution in [0.15, 0.2) is 0 Å². The van der Waals surface area contributed by atoms with E-state index in [4.69, 9.17) is 5.11 Å². The Morgan fingerprint density at radius 2 is 1.90 bits per heavy atom. The number of hydrogen-bond acceptors (Lipinski definition) is 4. The molecule has 0 aromatic carbocycles. The van der Waals surface area contributed by atoms with Crippen LogP contribution in [-0.2, 0) is 0 Å². The normalized spacial score (nSPS) is 16.8. The minimum absolute atomic E-state index is 0.0811. The smallest absolute Gasteiger partial charge is 0.0664 e. The first-order chi connectivity index (χ1) is 4.72. The van der Waals surface area contributed by atoms with Crippen molar-refractivity contribution in [3.05, 3.63) is 0 Å². The van der Waals surface area contributed by atoms with E-state index in [-0.39, 0.29) is 11.9 Å². The van der Waals surface area contributed by atoms with Crippen LogP contribution >= 0.6 is 25.3 Å². The average molecular weight is 182 g/mol. The monoisotopic (exact) mass is 182 g/mol. The van der Waals surface area contributed by atoms with Crippen LogP contribution in [0.4, 0.5) is 0 Å². The molecule has 0 spiro atoms. The van der Waals surface area contributed by atoms with Crippen LogP contribution in [0.5, 0.6) is 0 Å². The number of aliphatic hydroxyl groups excluding tert-OH is 2. The molecule has 0 aliphatic heterocycles. The molecule has 10 heavy (non-hydrogen) atoms. The molecule has 2 atom stereocenters. The van der Waals surface area contributed by atoms with E-state index in [9.17, 15) is 5.11 Å². The van der Waals surface area contributed by atoms with E-state index in [1.165, 1.54) is 0 Å². The molecule has 0 saturated heterocycles. The molecule has 0 rings (SSSR count). The Labute approximate surface area is 72.5 Å². The maximum Gasteiger partial charge on any atom is 0.0664 e. The van der Waals surface area contributed by atoms with Gasteiger partial charge in [-0.25, -0.2) is 0 Å². The molecule has 0 heterocycles. The molecule has 0 aliphatic rings. The van der Waals surface area contributed by atoms with Crippen LogP contribution in [0, 0.1) is 0 Å². The third-order valence-electron chi connectivity index (χ3n) is 1.29. The summed E-state index contributed by atoms with van der Waals surface area (Å²) in [5, 5.41) is 17.6. The van der Waals surface area contributed by atoms with Crippen molar-refractivity contribution in [3.8, 4) is 0 Å². The lowest BCUT2D eigenvalue weighted by Crippen LogP contribution is -2.22. The van der Waals surface area contributed by atoms with Gasteiger partial charge in [0.25, 0.3) is 0 Å². The van der Waals surface area contributed by atoms with Crippen molar-refractivity contribution in [2.75, 3.05) is 12.4 Å². The van der Waals surface area contributed by atoms with Gasteiger partial charge in [0, 0.05) is 11.9 Å². The summed E-state index contributed by atoms with van der Waals surface area (Å²) in [7, 11) is 0. The highest BCUT2D eigenvalue weighted by atomic mass is 32.1. The zero-order valence-electron chi connectivity index (χ0n) is 5.77. The summed E-state index contributed by atoms with van der Waals surface area (Å²) >= 11 is 8.06. The summed E-state index contributed by atoms with van der Waals surface area (Å²) in [6.07, 6.45) is 0.739. The van der Waals surface area contributed by atoms with Crippen molar-refractivity contribution >= 4 is 25.3 Å². The van der Waals surface area contributed by atoms with Gasteiger partial charge in [-0.3, -0.25) is 0 Å². The first kappa shape index (κ1) is 10.6. The van der Waals surface area contributed by atoms with E-state index in [0.717, 1.165) is 0 Å². The Morgan fingerprint density at radius 1 is 1.30 bits per heavy atom. The largest absolute Gasteiger partial charge is 0.396 e. The van der Waals surface area contributed by atoms with Crippen molar-refractivity contribution in [1.82, 2.24) is 0 Å². The molecule has 2 unspecified atom stereocenters. The van der Waals surface area contributed by atoms with E-state index in [0.29, 0.717) is 18.6 Å². The van der Waals surface area contributed by atoms with Gasteiger partial charge in [-0.1, -0.05) is 0 Å². The minimum atomic E-state index is -0.437. The van der Waals surface area contributed by atoms with Crippen LogP contribution in [0.25, 0.3) is 0 Å². The van der Waals surface area contributed by atoms with Gasteiger partial charge < -0.3 is 10.2 Å². The van der Waals surface area contributed by atoms with E-state index in [2.05, 4.69) is 25.3 Å². The van der Waals surface area contributed by atoms with Gasteiger partial charge >= 0.3 is 0 Å². The molecular formula is C6H14O2S2. The Balaban J connectivity index is 3.38. The summed E-state index contributed by atoms with van der Waals surface area (Å²) < 4.78 is 0. The van der Waals surface area contributed by atoms with Crippen molar-refractivity contribution in [2.24, 2.45) is 0 Å². The van der Waals surface area contributed by atoms with E-state index < -0.39 is 6.10 Å². The molecule has 0 fully saturated rings. The topological polar surface area (TPSA) is 40.5 Å². The molecule has 62 valence electrons. The number of rotatable bonds is 5. The molecule has 0 aromatic rings. The molecule has 0 aliphatic carbocycles. The standard InChI is InChI=1S/C6H14O2S2/c7-3-1-6(10)5(8)2-4-9/h5-10H,1-4H2. The molecular weight excluding hydrogens is 168 g/mol. The van der Waals surface area contributed by atoms with Gasteiger partial charge in [0.05, 0.1) is 6.10 Å². The highest BCUT2D eigenvalue weighted by Crippen LogP contribution is 2.10. The summed E-state index contributed by atoms with van der Waals surface area (Å²) in [5.74, 6) is 0.656. The van der Waals surface area contributed by atoms with E-state index in [1.807, 2.05) is 0 Å². The van der Waals surface area contributed by atoms with Gasteiger partial charge in [0.1, 0.15) is 0 Å². The molecule has 2 N–H and O–H groups in total. The lowest BCUT2D eigenvalue weighted by atomic mass is 10.1. The van der Waals surface area contributed by atoms with Crippen molar-refractivity contribution in [1.29, 1.82) is 0 Å². The Bertz CT molecular complexity index is 70.1. The second-order valence-electron chi connectivity index (χ2n) is 2.16. The van der Waals surface area contributed by atoms with Crippen molar-refractivity contribution in [3.63, 3.8) is 0 Å². The summed E-state index contributed by atoms with van der Waals surface area (Å²) in [6.45, 7) is 0.0811. The van der Waals surface area contributed by atoms with Crippen LogP contribution in [0.2, 0.25) is 0 Å². The number of thiol groups is 2. The number of hydrogen-bond donors (Lipinski definition) is 4. The fourth-order valence-electron chi connectivity index (χ4n) is 0.649. The Kier molecular flexibility index (Phi) is 6.73. The van der Waals surface area contributed by atoms with Crippen molar-refractivity contribution in [2.45, 2.75) is 24.2 Å². The molecule has 0 saturated carbocycles. The maximum absolute atomic E-state index is 9.21. The first-order valence-corrected chi connectivity index (χ1v) is 4.45. The van der Waals surface area contributed by atoms with Crippen LogP contribution in [0.1, 0.15) is 12.8 Å². The zero-order chi connectivity index (χ0) is 7.98. The van der Waals surface area contributed by atoms with Crippen molar-refractivity contribution < 1.29 is 10.2 Å². The Morgan fingerprint density at radius 3 is 2.30 bits per heavy atom. The lowest BCUT2D eigenvalue weighted by Gasteiger charge is -2.15. The summed E-state index contributed by atoms with van der Waals surface area (Å²) in [5.41, 5.74) is 0. The molecule has 0 bridgehead atoms. The van der Waals surface area contributed by atoms with E-state index in [1.54, 1.807) is 0 Å². The highest BCUT2D eigenvalue weighted by Gasteiger charge is 2.12. The quantitative estimate of drug-likeness (QED) is 0.463. The fraction of sp³-hybridized carbons (Fsp3) is 1.00. The third kappa shape index (κ3) is 4.44. The van der Waals surface area contributed by atoms with Crippen LogP contribution in [-0.4, -0.2) is 33.9 Å². The predicted octanol–water partition coefficient (Wildman–Crippen LogP) is 0.348.